The molecule has 0 saturated carbocycles. The maximum atomic E-state index is 13.4. The standard InChI is InChI=1S/C12H15FN2O3/c1-3-10(11(15)16)18-12(17)7-4-8(13)6(2)9(14)5-7/h4-5,10H,3,14H2,1-2H3,(H2,15,16). The fourth-order valence-corrected chi connectivity index (χ4v) is 1.36. The Labute approximate surface area is 104 Å². The minimum absolute atomic E-state index is 0.0460. The smallest absolute Gasteiger partial charge is 0.339 e. The van der Waals surface area contributed by atoms with E-state index >= 15 is 0 Å². The van der Waals surface area contributed by atoms with Crippen LogP contribution in [0.2, 0.25) is 0 Å². The van der Waals surface area contributed by atoms with Gasteiger partial charge in [0.05, 0.1) is 5.56 Å². The van der Waals surface area contributed by atoms with Gasteiger partial charge in [-0.05, 0) is 25.5 Å². The van der Waals surface area contributed by atoms with Gasteiger partial charge >= 0.3 is 5.97 Å². The molecule has 1 rings (SSSR count). The molecule has 0 heterocycles. The van der Waals surface area contributed by atoms with E-state index in [-0.39, 0.29) is 23.2 Å². The SMILES string of the molecule is CCC(OC(=O)c1cc(N)c(C)c(F)c1)C(N)=O. The van der Waals surface area contributed by atoms with Crippen LogP contribution in [0.4, 0.5) is 10.1 Å². The van der Waals surface area contributed by atoms with E-state index in [2.05, 4.69) is 0 Å². The van der Waals surface area contributed by atoms with Crippen molar-refractivity contribution in [3.05, 3.63) is 29.1 Å². The van der Waals surface area contributed by atoms with Crippen LogP contribution in [-0.4, -0.2) is 18.0 Å². The van der Waals surface area contributed by atoms with Crippen LogP contribution in [0.3, 0.4) is 0 Å². The molecule has 1 aromatic rings. The fourth-order valence-electron chi connectivity index (χ4n) is 1.36. The van der Waals surface area contributed by atoms with Crippen LogP contribution >= 0.6 is 0 Å². The van der Waals surface area contributed by atoms with Crippen molar-refractivity contribution in [1.29, 1.82) is 0 Å². The molecule has 98 valence electrons. The van der Waals surface area contributed by atoms with E-state index in [0.29, 0.717) is 0 Å². The Kier molecular flexibility index (Phi) is 4.25. The van der Waals surface area contributed by atoms with Crippen LogP contribution in [0.5, 0.6) is 0 Å². The lowest BCUT2D eigenvalue weighted by molar-refractivity contribution is -0.126. The average Bonchev–Trinajstić information content (AvgIpc) is 2.31. The molecule has 0 saturated heterocycles. The second-order valence-electron chi connectivity index (χ2n) is 3.88. The zero-order valence-corrected chi connectivity index (χ0v) is 10.2. The molecule has 1 amide bonds. The first-order valence-electron chi connectivity index (χ1n) is 5.42. The summed E-state index contributed by atoms with van der Waals surface area (Å²) in [5.74, 6) is -2.17. The van der Waals surface area contributed by atoms with Crippen LogP contribution in [0.25, 0.3) is 0 Å². The summed E-state index contributed by atoms with van der Waals surface area (Å²) in [5, 5.41) is 0. The molecule has 0 aliphatic rings. The van der Waals surface area contributed by atoms with Crippen molar-refractivity contribution in [2.75, 3.05) is 5.73 Å². The third kappa shape index (κ3) is 2.97. The number of anilines is 1. The van der Waals surface area contributed by atoms with Gasteiger partial charge in [0.1, 0.15) is 5.82 Å². The number of halogens is 1. The second-order valence-corrected chi connectivity index (χ2v) is 3.88. The molecule has 5 nitrogen and oxygen atoms in total. The molecule has 0 aromatic heterocycles. The van der Waals surface area contributed by atoms with Crippen molar-refractivity contribution in [3.63, 3.8) is 0 Å². The molecule has 1 unspecified atom stereocenters. The topological polar surface area (TPSA) is 95.4 Å². The monoisotopic (exact) mass is 254 g/mol. The number of ether oxygens (including phenoxy) is 1. The summed E-state index contributed by atoms with van der Waals surface area (Å²) in [7, 11) is 0. The van der Waals surface area contributed by atoms with E-state index < -0.39 is 23.8 Å². The Balaban J connectivity index is 2.94. The predicted octanol–water partition coefficient (Wildman–Crippen LogP) is 1.14. The first kappa shape index (κ1) is 14.0. The molecule has 0 radical (unpaired) electrons. The van der Waals surface area contributed by atoms with Crippen molar-refractivity contribution in [3.8, 4) is 0 Å². The first-order valence-corrected chi connectivity index (χ1v) is 5.42. The molecule has 4 N–H and O–H groups in total. The Morgan fingerprint density at radius 2 is 2.06 bits per heavy atom. The molecule has 0 aliphatic carbocycles. The number of rotatable bonds is 4. The van der Waals surface area contributed by atoms with E-state index in [0.717, 1.165) is 6.07 Å². The minimum atomic E-state index is -1.02. The average molecular weight is 254 g/mol. The van der Waals surface area contributed by atoms with Crippen molar-refractivity contribution >= 4 is 17.6 Å². The highest BCUT2D eigenvalue weighted by Gasteiger charge is 2.20. The maximum Gasteiger partial charge on any atom is 0.339 e. The number of hydrogen-bond acceptors (Lipinski definition) is 4. The van der Waals surface area contributed by atoms with Crippen LogP contribution in [0, 0.1) is 12.7 Å². The number of carbonyl (C=O) groups is 2. The zero-order valence-electron chi connectivity index (χ0n) is 10.2. The van der Waals surface area contributed by atoms with Gasteiger partial charge < -0.3 is 16.2 Å². The van der Waals surface area contributed by atoms with Crippen LogP contribution in [0.15, 0.2) is 12.1 Å². The number of nitrogen functional groups attached to an aromatic ring is 1. The third-order valence-electron chi connectivity index (χ3n) is 2.56. The quantitative estimate of drug-likeness (QED) is 0.622. The van der Waals surface area contributed by atoms with Gasteiger partial charge in [0.15, 0.2) is 6.10 Å². The van der Waals surface area contributed by atoms with E-state index in [1.807, 2.05) is 0 Å². The van der Waals surface area contributed by atoms with Crippen LogP contribution in [-0.2, 0) is 9.53 Å². The molecule has 0 bridgehead atoms. The minimum Gasteiger partial charge on any atom is -0.449 e. The number of amides is 1. The van der Waals surface area contributed by atoms with Crippen molar-refractivity contribution < 1.29 is 18.7 Å². The highest BCUT2D eigenvalue weighted by atomic mass is 19.1. The largest absolute Gasteiger partial charge is 0.449 e. The molecule has 0 aliphatic heterocycles. The lowest BCUT2D eigenvalue weighted by Crippen LogP contribution is -2.32. The third-order valence-corrected chi connectivity index (χ3v) is 2.56. The van der Waals surface area contributed by atoms with Gasteiger partial charge in [-0.3, -0.25) is 4.79 Å². The molecule has 0 fully saturated rings. The van der Waals surface area contributed by atoms with Gasteiger partial charge in [-0.1, -0.05) is 6.92 Å². The number of carbonyl (C=O) groups excluding carboxylic acids is 2. The second kappa shape index (κ2) is 5.48. The summed E-state index contributed by atoms with van der Waals surface area (Å²) in [6.07, 6.45) is -0.770. The van der Waals surface area contributed by atoms with E-state index in [1.165, 1.54) is 13.0 Å². The molecule has 1 aromatic carbocycles. The molecular formula is C12H15FN2O3. The normalized spacial score (nSPS) is 11.9. The van der Waals surface area contributed by atoms with Crippen molar-refractivity contribution in [2.45, 2.75) is 26.4 Å². The van der Waals surface area contributed by atoms with Gasteiger partial charge in [0.25, 0.3) is 5.91 Å². The summed E-state index contributed by atoms with van der Waals surface area (Å²) in [6.45, 7) is 3.14. The van der Waals surface area contributed by atoms with E-state index in [4.69, 9.17) is 16.2 Å². The summed E-state index contributed by atoms with van der Waals surface area (Å²) in [4.78, 5) is 22.6. The van der Waals surface area contributed by atoms with Gasteiger partial charge in [0, 0.05) is 11.3 Å². The molecular weight excluding hydrogens is 239 g/mol. The molecule has 18 heavy (non-hydrogen) atoms. The molecule has 6 heteroatoms. The van der Waals surface area contributed by atoms with Crippen molar-refractivity contribution in [2.24, 2.45) is 5.73 Å². The van der Waals surface area contributed by atoms with Gasteiger partial charge in [0.2, 0.25) is 0 Å². The molecule has 1 atom stereocenters. The van der Waals surface area contributed by atoms with E-state index in [9.17, 15) is 14.0 Å². The number of primary amides is 1. The Morgan fingerprint density at radius 3 is 2.50 bits per heavy atom. The lowest BCUT2D eigenvalue weighted by Gasteiger charge is -2.13. The number of nitrogens with two attached hydrogens (primary N) is 2. The fraction of sp³-hybridized carbons (Fsp3) is 0.333. The highest BCUT2D eigenvalue weighted by Crippen LogP contribution is 2.18. The maximum absolute atomic E-state index is 13.4. The van der Waals surface area contributed by atoms with E-state index in [1.54, 1.807) is 6.92 Å². The number of esters is 1. The summed E-state index contributed by atoms with van der Waals surface area (Å²) in [6, 6.07) is 2.32. The Morgan fingerprint density at radius 1 is 1.44 bits per heavy atom. The van der Waals surface area contributed by atoms with Gasteiger partial charge in [-0.15, -0.1) is 0 Å². The Hall–Kier alpha value is -2.11. The Bertz CT molecular complexity index is 465. The van der Waals surface area contributed by atoms with Crippen molar-refractivity contribution in [1.82, 2.24) is 0 Å². The highest BCUT2D eigenvalue weighted by molar-refractivity contribution is 5.93. The summed E-state index contributed by atoms with van der Waals surface area (Å²) < 4.78 is 18.3. The zero-order chi connectivity index (χ0) is 13.9. The van der Waals surface area contributed by atoms with Gasteiger partial charge in [-0.25, -0.2) is 9.18 Å². The summed E-state index contributed by atoms with van der Waals surface area (Å²) in [5.41, 5.74) is 10.9. The van der Waals surface area contributed by atoms with Crippen LogP contribution in [0.1, 0.15) is 29.3 Å². The lowest BCUT2D eigenvalue weighted by atomic mass is 10.1. The molecule has 0 spiro atoms. The predicted molar refractivity (Wildman–Crippen MR) is 64.2 cm³/mol. The van der Waals surface area contributed by atoms with Gasteiger partial charge in [-0.2, -0.15) is 0 Å². The number of benzene rings is 1. The summed E-state index contributed by atoms with van der Waals surface area (Å²) >= 11 is 0. The first-order chi connectivity index (χ1) is 8.36. The number of hydrogen-bond donors (Lipinski definition) is 2. The van der Waals surface area contributed by atoms with Crippen LogP contribution < -0.4 is 11.5 Å².